The number of carbonyl (C=O) groups is 1. The number of hydrogen-bond acceptors (Lipinski definition) is 3. The maximum atomic E-state index is 12.4. The van der Waals surface area contributed by atoms with Crippen molar-refractivity contribution in [3.8, 4) is 0 Å². The van der Waals surface area contributed by atoms with Crippen molar-refractivity contribution in [2.24, 2.45) is 0 Å². The van der Waals surface area contributed by atoms with Crippen LogP contribution < -0.4 is 0 Å². The molecule has 0 aliphatic carbocycles. The molecule has 1 aliphatic heterocycles. The minimum atomic E-state index is 0.178. The maximum absolute atomic E-state index is 12.4. The molecule has 1 aromatic carbocycles. The Labute approximate surface area is 115 Å². The Hall–Kier alpha value is -1.32. The van der Waals surface area contributed by atoms with Crippen LogP contribution in [0.2, 0.25) is 0 Å². The van der Waals surface area contributed by atoms with E-state index in [4.69, 9.17) is 0 Å². The van der Waals surface area contributed by atoms with E-state index in [-0.39, 0.29) is 5.78 Å². The van der Waals surface area contributed by atoms with Gasteiger partial charge in [-0.3, -0.25) is 4.79 Å². The normalized spacial score (nSPS) is 16.9. The van der Waals surface area contributed by atoms with Gasteiger partial charge in [0.2, 0.25) is 0 Å². The van der Waals surface area contributed by atoms with Crippen LogP contribution in [0, 0.1) is 6.92 Å². The van der Waals surface area contributed by atoms with Gasteiger partial charge in [-0.1, -0.05) is 12.1 Å². The Morgan fingerprint density at radius 3 is 2.83 bits per heavy atom. The number of aryl methyl sites for hydroxylation is 1. The number of carbonyl (C=O) groups excluding carboxylic acids is 1. The zero-order valence-corrected chi connectivity index (χ0v) is 11.6. The molecule has 0 atom stereocenters. The Balaban J connectivity index is 2.01. The fraction of sp³-hybridized carbons (Fsp3) is 0.133. The average Bonchev–Trinajstić information content (AvgIpc) is 2.79. The molecule has 0 amide bonds. The summed E-state index contributed by atoms with van der Waals surface area (Å²) in [5, 5.41) is 2.07. The Kier molecular flexibility index (Phi) is 3.10. The van der Waals surface area contributed by atoms with Gasteiger partial charge in [0.15, 0.2) is 5.78 Å². The largest absolute Gasteiger partial charge is 0.289 e. The van der Waals surface area contributed by atoms with Crippen LogP contribution in [0.1, 0.15) is 20.8 Å². The molecule has 0 spiro atoms. The number of ketones is 1. The number of fused-ring (bicyclic) bond motifs is 1. The standard InChI is InChI=1S/C15H12OS2/c1-10-6-7-17-14(10)8-11-9-18-13-5-3-2-4-12(13)15(11)16/h2-8H,9H2,1H3. The van der Waals surface area contributed by atoms with Crippen molar-refractivity contribution in [3.05, 3.63) is 57.3 Å². The van der Waals surface area contributed by atoms with Crippen molar-refractivity contribution in [2.75, 3.05) is 5.75 Å². The summed E-state index contributed by atoms with van der Waals surface area (Å²) in [6.07, 6.45) is 2.05. The second kappa shape index (κ2) is 4.75. The highest BCUT2D eigenvalue weighted by Crippen LogP contribution is 2.33. The van der Waals surface area contributed by atoms with E-state index in [1.165, 1.54) is 10.4 Å². The van der Waals surface area contributed by atoms with Gasteiger partial charge in [-0.05, 0) is 42.1 Å². The van der Waals surface area contributed by atoms with E-state index < -0.39 is 0 Å². The number of Topliss-reactive ketones (excluding diaryl/α,β-unsaturated/α-hetero) is 1. The molecule has 0 radical (unpaired) electrons. The highest BCUT2D eigenvalue weighted by Gasteiger charge is 2.21. The molecule has 0 saturated carbocycles. The van der Waals surface area contributed by atoms with Gasteiger partial charge in [0, 0.05) is 26.7 Å². The van der Waals surface area contributed by atoms with Crippen LogP contribution in [0.15, 0.2) is 46.2 Å². The minimum absolute atomic E-state index is 0.178. The van der Waals surface area contributed by atoms with Crippen molar-refractivity contribution >= 4 is 35.0 Å². The van der Waals surface area contributed by atoms with Crippen molar-refractivity contribution in [2.45, 2.75) is 11.8 Å². The lowest BCUT2D eigenvalue weighted by molar-refractivity contribution is 0.103. The van der Waals surface area contributed by atoms with Gasteiger partial charge in [0.25, 0.3) is 0 Å². The monoisotopic (exact) mass is 272 g/mol. The predicted molar refractivity (Wildman–Crippen MR) is 78.5 cm³/mol. The van der Waals surface area contributed by atoms with Crippen LogP contribution in [0.5, 0.6) is 0 Å². The first-order valence-electron chi connectivity index (χ1n) is 5.77. The molecule has 0 fully saturated rings. The van der Waals surface area contributed by atoms with Crippen LogP contribution in [0.4, 0.5) is 0 Å². The highest BCUT2D eigenvalue weighted by molar-refractivity contribution is 7.99. The summed E-state index contributed by atoms with van der Waals surface area (Å²) in [6, 6.07) is 9.93. The molecule has 0 saturated heterocycles. The maximum Gasteiger partial charge on any atom is 0.191 e. The fourth-order valence-corrected chi connectivity index (χ4v) is 3.87. The lowest BCUT2D eigenvalue weighted by Crippen LogP contribution is -2.11. The lowest BCUT2D eigenvalue weighted by atomic mass is 10.0. The van der Waals surface area contributed by atoms with Crippen molar-refractivity contribution in [1.82, 2.24) is 0 Å². The first-order chi connectivity index (χ1) is 8.75. The van der Waals surface area contributed by atoms with Gasteiger partial charge in [-0.2, -0.15) is 0 Å². The molecule has 90 valence electrons. The zero-order chi connectivity index (χ0) is 12.5. The van der Waals surface area contributed by atoms with Crippen molar-refractivity contribution in [3.63, 3.8) is 0 Å². The highest BCUT2D eigenvalue weighted by atomic mass is 32.2. The number of rotatable bonds is 1. The predicted octanol–water partition coefficient (Wildman–Crippen LogP) is 4.43. The molecule has 1 aliphatic rings. The second-order valence-corrected chi connectivity index (χ2v) is 6.22. The molecular weight excluding hydrogens is 260 g/mol. The quantitative estimate of drug-likeness (QED) is 0.714. The number of thiophene rings is 1. The second-order valence-electron chi connectivity index (χ2n) is 4.25. The Bertz CT molecular complexity index is 637. The molecule has 2 aromatic rings. The SMILES string of the molecule is Cc1ccsc1C=C1CSc2ccccc2C1=O. The van der Waals surface area contributed by atoms with Crippen LogP contribution in [0.25, 0.3) is 6.08 Å². The van der Waals surface area contributed by atoms with Gasteiger partial charge in [0.1, 0.15) is 0 Å². The van der Waals surface area contributed by atoms with Crippen molar-refractivity contribution in [1.29, 1.82) is 0 Å². The first-order valence-corrected chi connectivity index (χ1v) is 7.63. The summed E-state index contributed by atoms with van der Waals surface area (Å²) in [5.41, 5.74) is 2.99. The third-order valence-corrected chi connectivity index (χ3v) is 5.10. The molecule has 18 heavy (non-hydrogen) atoms. The fourth-order valence-electron chi connectivity index (χ4n) is 1.97. The summed E-state index contributed by atoms with van der Waals surface area (Å²) in [4.78, 5) is 14.7. The number of hydrogen-bond donors (Lipinski definition) is 0. The van der Waals surface area contributed by atoms with Gasteiger partial charge < -0.3 is 0 Å². The molecule has 3 rings (SSSR count). The summed E-state index contributed by atoms with van der Waals surface area (Å²) in [6.45, 7) is 2.08. The van der Waals surface area contributed by atoms with Crippen molar-refractivity contribution < 1.29 is 4.79 Å². The third kappa shape index (κ3) is 2.04. The van der Waals surface area contributed by atoms with Gasteiger partial charge in [-0.15, -0.1) is 23.1 Å². The summed E-state index contributed by atoms with van der Waals surface area (Å²) in [5.74, 6) is 0.949. The van der Waals surface area contributed by atoms with E-state index in [2.05, 4.69) is 18.4 Å². The number of thioether (sulfide) groups is 1. The molecule has 0 unspecified atom stereocenters. The number of benzene rings is 1. The van der Waals surface area contributed by atoms with E-state index in [0.717, 1.165) is 21.8 Å². The smallest absolute Gasteiger partial charge is 0.191 e. The molecular formula is C15H12OS2. The molecule has 1 nitrogen and oxygen atoms in total. The van der Waals surface area contributed by atoms with Gasteiger partial charge in [-0.25, -0.2) is 0 Å². The topological polar surface area (TPSA) is 17.1 Å². The minimum Gasteiger partial charge on any atom is -0.289 e. The third-order valence-electron chi connectivity index (χ3n) is 3.01. The lowest BCUT2D eigenvalue weighted by Gasteiger charge is -2.16. The van der Waals surface area contributed by atoms with Gasteiger partial charge >= 0.3 is 0 Å². The van der Waals surface area contributed by atoms with Crippen LogP contribution in [0.3, 0.4) is 0 Å². The molecule has 0 N–H and O–H groups in total. The van der Waals surface area contributed by atoms with Crippen LogP contribution in [-0.2, 0) is 0 Å². The van der Waals surface area contributed by atoms with E-state index in [1.54, 1.807) is 23.1 Å². The van der Waals surface area contributed by atoms with E-state index in [9.17, 15) is 4.79 Å². The molecule has 3 heteroatoms. The molecule has 1 aromatic heterocycles. The van der Waals surface area contributed by atoms with Crippen LogP contribution >= 0.6 is 23.1 Å². The van der Waals surface area contributed by atoms with E-state index in [0.29, 0.717) is 0 Å². The summed E-state index contributed by atoms with van der Waals surface area (Å²) < 4.78 is 0. The first kappa shape index (κ1) is 11.8. The zero-order valence-electron chi connectivity index (χ0n) is 9.97. The Morgan fingerprint density at radius 1 is 1.22 bits per heavy atom. The molecule has 2 heterocycles. The average molecular weight is 272 g/mol. The Morgan fingerprint density at radius 2 is 2.06 bits per heavy atom. The van der Waals surface area contributed by atoms with E-state index in [1.807, 2.05) is 30.3 Å². The molecule has 0 bridgehead atoms. The van der Waals surface area contributed by atoms with Gasteiger partial charge in [0.05, 0.1) is 0 Å². The summed E-state index contributed by atoms with van der Waals surface area (Å²) >= 11 is 3.43. The van der Waals surface area contributed by atoms with Crippen LogP contribution in [-0.4, -0.2) is 11.5 Å². The van der Waals surface area contributed by atoms with E-state index >= 15 is 0 Å². The summed E-state index contributed by atoms with van der Waals surface area (Å²) in [7, 11) is 0.